The second-order valence-electron chi connectivity index (χ2n) is 6.95. The molecule has 0 radical (unpaired) electrons. The quantitative estimate of drug-likeness (QED) is 0.280. The zero-order chi connectivity index (χ0) is 22.5. The van der Waals surface area contributed by atoms with Crippen LogP contribution < -0.4 is 10.3 Å². The van der Waals surface area contributed by atoms with Gasteiger partial charge >= 0.3 is 0 Å². The number of aromatic nitrogens is 2. The average Bonchev–Trinajstić information content (AvgIpc) is 2.79. The second-order valence-corrected chi connectivity index (χ2v) is 8.23. The Bertz CT molecular complexity index is 1290. The zero-order valence-corrected chi connectivity index (χ0v) is 19.2. The van der Waals surface area contributed by atoms with Gasteiger partial charge in [-0.25, -0.2) is 4.98 Å². The topological polar surface area (TPSA) is 53.4 Å². The van der Waals surface area contributed by atoms with E-state index in [1.54, 1.807) is 41.0 Å². The van der Waals surface area contributed by atoms with E-state index in [1.165, 1.54) is 0 Å². The van der Waals surface area contributed by atoms with Gasteiger partial charge < -0.3 is 9.47 Å². The van der Waals surface area contributed by atoms with Gasteiger partial charge in [-0.05, 0) is 54.6 Å². The fourth-order valence-electron chi connectivity index (χ4n) is 3.26. The monoisotopic (exact) mass is 488 g/mol. The summed E-state index contributed by atoms with van der Waals surface area (Å²) >= 11 is 18.0. The summed E-state index contributed by atoms with van der Waals surface area (Å²) in [5.74, 6) is 1.11. The van der Waals surface area contributed by atoms with Crippen LogP contribution in [0.2, 0.25) is 15.1 Å². The SMILES string of the molecule is O=c1c2ccccc2nc(-c2ccc(Cl)cc2)n1CCOCCOc1ccc(Cl)cc1Cl. The summed E-state index contributed by atoms with van der Waals surface area (Å²) in [4.78, 5) is 17.9. The van der Waals surface area contributed by atoms with Gasteiger partial charge in [-0.1, -0.05) is 46.9 Å². The molecule has 0 aliphatic rings. The molecule has 8 heteroatoms. The summed E-state index contributed by atoms with van der Waals surface area (Å²) in [5, 5.41) is 2.17. The molecule has 164 valence electrons. The molecule has 5 nitrogen and oxygen atoms in total. The molecule has 0 aliphatic carbocycles. The van der Waals surface area contributed by atoms with Gasteiger partial charge in [-0.3, -0.25) is 9.36 Å². The Morgan fingerprint density at radius 2 is 1.59 bits per heavy atom. The van der Waals surface area contributed by atoms with Crippen LogP contribution in [-0.4, -0.2) is 29.4 Å². The molecule has 3 aromatic carbocycles. The highest BCUT2D eigenvalue weighted by Gasteiger charge is 2.13. The lowest BCUT2D eigenvalue weighted by Crippen LogP contribution is -2.26. The summed E-state index contributed by atoms with van der Waals surface area (Å²) in [6.45, 7) is 1.32. The Morgan fingerprint density at radius 3 is 2.38 bits per heavy atom. The highest BCUT2D eigenvalue weighted by Crippen LogP contribution is 2.27. The number of para-hydroxylation sites is 1. The Balaban J connectivity index is 1.46. The third-order valence-electron chi connectivity index (χ3n) is 4.80. The molecular formula is C24H19Cl3N2O3. The van der Waals surface area contributed by atoms with Crippen molar-refractivity contribution >= 4 is 45.7 Å². The Morgan fingerprint density at radius 1 is 0.844 bits per heavy atom. The van der Waals surface area contributed by atoms with Crippen molar-refractivity contribution in [2.45, 2.75) is 6.54 Å². The summed E-state index contributed by atoms with van der Waals surface area (Å²) < 4.78 is 12.9. The molecule has 0 atom stereocenters. The van der Waals surface area contributed by atoms with E-state index in [9.17, 15) is 4.79 Å². The molecule has 0 saturated carbocycles. The maximum Gasteiger partial charge on any atom is 0.261 e. The summed E-state index contributed by atoms with van der Waals surface area (Å²) in [7, 11) is 0. The van der Waals surface area contributed by atoms with Crippen LogP contribution in [0.15, 0.2) is 71.5 Å². The van der Waals surface area contributed by atoms with E-state index in [-0.39, 0.29) is 5.56 Å². The molecule has 0 aliphatic heterocycles. The molecule has 4 aromatic rings. The van der Waals surface area contributed by atoms with E-state index in [0.717, 1.165) is 5.56 Å². The lowest BCUT2D eigenvalue weighted by Gasteiger charge is -2.14. The Labute approximate surface area is 200 Å². The van der Waals surface area contributed by atoms with Crippen LogP contribution in [0.25, 0.3) is 22.3 Å². The van der Waals surface area contributed by atoms with Gasteiger partial charge in [0.05, 0.1) is 35.7 Å². The Kier molecular flexibility index (Phi) is 7.33. The molecular weight excluding hydrogens is 471 g/mol. The van der Waals surface area contributed by atoms with E-state index in [0.29, 0.717) is 63.9 Å². The van der Waals surface area contributed by atoms with Gasteiger partial charge in [0.1, 0.15) is 18.2 Å². The molecule has 4 rings (SSSR count). The van der Waals surface area contributed by atoms with Crippen LogP contribution >= 0.6 is 34.8 Å². The van der Waals surface area contributed by atoms with Gasteiger partial charge in [0.15, 0.2) is 0 Å². The van der Waals surface area contributed by atoms with Crippen molar-refractivity contribution < 1.29 is 9.47 Å². The molecule has 0 N–H and O–H groups in total. The Hall–Kier alpha value is -2.57. The van der Waals surface area contributed by atoms with Crippen LogP contribution in [0, 0.1) is 0 Å². The standard InChI is InChI=1S/C24H19Cl3N2O3/c25-17-7-5-16(6-8-17)23-28-21-4-2-1-3-19(21)24(30)29(23)11-12-31-13-14-32-22-10-9-18(26)15-20(22)27/h1-10,15H,11-14H2. The van der Waals surface area contributed by atoms with Gasteiger partial charge in [0, 0.05) is 15.6 Å². The first-order chi connectivity index (χ1) is 15.5. The zero-order valence-electron chi connectivity index (χ0n) is 16.9. The van der Waals surface area contributed by atoms with Crippen LogP contribution in [0.1, 0.15) is 0 Å². The lowest BCUT2D eigenvalue weighted by molar-refractivity contribution is 0.0941. The minimum Gasteiger partial charge on any atom is -0.490 e. The number of hydrogen-bond acceptors (Lipinski definition) is 4. The van der Waals surface area contributed by atoms with E-state index >= 15 is 0 Å². The number of halogens is 3. The van der Waals surface area contributed by atoms with Crippen LogP contribution in [0.4, 0.5) is 0 Å². The smallest absolute Gasteiger partial charge is 0.261 e. The number of ether oxygens (including phenoxy) is 2. The van der Waals surface area contributed by atoms with Crippen molar-refractivity contribution in [2.24, 2.45) is 0 Å². The molecule has 0 unspecified atom stereocenters. The van der Waals surface area contributed by atoms with E-state index in [4.69, 9.17) is 49.3 Å². The fourth-order valence-corrected chi connectivity index (χ4v) is 3.84. The van der Waals surface area contributed by atoms with E-state index in [2.05, 4.69) is 0 Å². The van der Waals surface area contributed by atoms with Crippen molar-refractivity contribution in [3.05, 3.63) is 92.2 Å². The van der Waals surface area contributed by atoms with Crippen LogP contribution in [0.5, 0.6) is 5.75 Å². The van der Waals surface area contributed by atoms with Crippen molar-refractivity contribution in [1.29, 1.82) is 0 Å². The second kappa shape index (κ2) is 10.4. The predicted octanol–water partition coefficient (Wildman–Crippen LogP) is 6.12. The molecule has 1 aromatic heterocycles. The molecule has 0 saturated heterocycles. The van der Waals surface area contributed by atoms with Gasteiger partial charge in [0.25, 0.3) is 5.56 Å². The van der Waals surface area contributed by atoms with E-state index < -0.39 is 0 Å². The van der Waals surface area contributed by atoms with Gasteiger partial charge in [-0.15, -0.1) is 0 Å². The molecule has 1 heterocycles. The van der Waals surface area contributed by atoms with Crippen molar-refractivity contribution in [3.63, 3.8) is 0 Å². The molecule has 0 bridgehead atoms. The first kappa shape index (κ1) is 22.6. The average molecular weight is 490 g/mol. The number of fused-ring (bicyclic) bond motifs is 1. The maximum atomic E-state index is 13.2. The number of benzene rings is 3. The number of nitrogens with zero attached hydrogens (tertiary/aromatic N) is 2. The highest BCUT2D eigenvalue weighted by molar-refractivity contribution is 6.35. The van der Waals surface area contributed by atoms with Crippen LogP contribution in [0.3, 0.4) is 0 Å². The van der Waals surface area contributed by atoms with Crippen molar-refractivity contribution in [2.75, 3.05) is 19.8 Å². The maximum absolute atomic E-state index is 13.2. The lowest BCUT2D eigenvalue weighted by atomic mass is 10.2. The molecule has 0 spiro atoms. The molecule has 32 heavy (non-hydrogen) atoms. The highest BCUT2D eigenvalue weighted by atomic mass is 35.5. The number of rotatable bonds is 8. The van der Waals surface area contributed by atoms with E-state index in [1.807, 2.05) is 30.3 Å². The summed E-state index contributed by atoms with van der Waals surface area (Å²) in [5.41, 5.74) is 1.33. The molecule has 0 amide bonds. The predicted molar refractivity (Wildman–Crippen MR) is 129 cm³/mol. The van der Waals surface area contributed by atoms with Crippen molar-refractivity contribution in [1.82, 2.24) is 9.55 Å². The van der Waals surface area contributed by atoms with Gasteiger partial charge in [0.2, 0.25) is 0 Å². The third-order valence-corrected chi connectivity index (χ3v) is 5.58. The summed E-state index contributed by atoms with van der Waals surface area (Å²) in [6.07, 6.45) is 0. The third kappa shape index (κ3) is 5.25. The van der Waals surface area contributed by atoms with Crippen molar-refractivity contribution in [3.8, 4) is 17.1 Å². The first-order valence-corrected chi connectivity index (χ1v) is 11.1. The first-order valence-electron chi connectivity index (χ1n) is 9.94. The fraction of sp³-hybridized carbons (Fsp3) is 0.167. The normalized spacial score (nSPS) is 11.1. The largest absolute Gasteiger partial charge is 0.490 e. The summed E-state index contributed by atoms with van der Waals surface area (Å²) in [6, 6.07) is 19.6. The minimum absolute atomic E-state index is 0.117. The molecule has 0 fully saturated rings. The van der Waals surface area contributed by atoms with Crippen LogP contribution in [-0.2, 0) is 11.3 Å². The van der Waals surface area contributed by atoms with Gasteiger partial charge in [-0.2, -0.15) is 0 Å². The number of hydrogen-bond donors (Lipinski definition) is 0. The minimum atomic E-state index is -0.117.